The second kappa shape index (κ2) is 10.5. The molecule has 3 atom stereocenters. The number of hydrogen-bond acceptors (Lipinski definition) is 9. The molecule has 2 fully saturated rings. The third-order valence-corrected chi connectivity index (χ3v) is 8.74. The summed E-state index contributed by atoms with van der Waals surface area (Å²) in [7, 11) is 1.53. The van der Waals surface area contributed by atoms with Gasteiger partial charge in [-0.3, -0.25) is 4.79 Å². The number of amides is 1. The zero-order valence-corrected chi connectivity index (χ0v) is 23.7. The molecule has 222 valence electrons. The number of ether oxygens (including phenoxy) is 1. The molecular weight excluding hydrogens is 568 g/mol. The predicted molar refractivity (Wildman–Crippen MR) is 160 cm³/mol. The second-order valence-electron chi connectivity index (χ2n) is 11.2. The van der Waals surface area contributed by atoms with E-state index in [1.54, 1.807) is 0 Å². The molecule has 0 radical (unpaired) electrons. The maximum Gasteiger partial charge on any atom is 0.226 e. The van der Waals surface area contributed by atoms with Crippen LogP contribution >= 0.6 is 0 Å². The Labute approximate surface area is 251 Å². The van der Waals surface area contributed by atoms with Gasteiger partial charge in [-0.25, -0.2) is 18.7 Å². The van der Waals surface area contributed by atoms with Gasteiger partial charge in [-0.1, -0.05) is 12.0 Å². The number of carbonyl (C=O) groups excluding carboxylic acids is 1. The lowest BCUT2D eigenvalue weighted by molar-refractivity contribution is -0.120. The molecule has 44 heavy (non-hydrogen) atoms. The van der Waals surface area contributed by atoms with Crippen molar-refractivity contribution in [2.24, 2.45) is 0 Å². The molecule has 0 saturated carbocycles. The maximum absolute atomic E-state index is 16.9. The first-order chi connectivity index (χ1) is 21.3. The third kappa shape index (κ3) is 4.21. The highest BCUT2D eigenvalue weighted by atomic mass is 19.1. The van der Waals surface area contributed by atoms with E-state index < -0.39 is 11.6 Å². The van der Waals surface area contributed by atoms with Gasteiger partial charge < -0.3 is 30.7 Å². The van der Waals surface area contributed by atoms with Crippen LogP contribution < -0.4 is 25.6 Å². The summed E-state index contributed by atoms with van der Waals surface area (Å²) in [5.41, 5.74) is 0.259. The zero-order valence-electron chi connectivity index (χ0n) is 23.7. The molecule has 3 aliphatic heterocycles. The van der Waals surface area contributed by atoms with Crippen molar-refractivity contribution in [2.75, 3.05) is 37.0 Å². The van der Waals surface area contributed by atoms with Crippen LogP contribution in [0.1, 0.15) is 30.4 Å². The Balaban J connectivity index is 1.52. The number of piperazine rings is 1. The minimum absolute atomic E-state index is 0.0627. The monoisotopic (exact) mass is 595 g/mol. The summed E-state index contributed by atoms with van der Waals surface area (Å²) in [5.74, 6) is 0.581. The molecule has 2 aromatic carbocycles. The predicted octanol–water partition coefficient (Wildman–Crippen LogP) is 3.54. The number of fused-ring (bicyclic) bond motifs is 6. The van der Waals surface area contributed by atoms with E-state index in [2.05, 4.69) is 42.8 Å². The highest BCUT2D eigenvalue weighted by Gasteiger charge is 2.44. The molecule has 12 heteroatoms. The number of nitrogens with one attached hydrogen (secondary N) is 3. The fourth-order valence-electron chi connectivity index (χ4n) is 6.74. The van der Waals surface area contributed by atoms with E-state index in [1.807, 2.05) is 0 Å². The van der Waals surface area contributed by atoms with Crippen LogP contribution in [0, 0.1) is 35.3 Å². The van der Waals surface area contributed by atoms with Gasteiger partial charge in [0, 0.05) is 49.6 Å². The number of nitriles is 1. The van der Waals surface area contributed by atoms with E-state index in [0.29, 0.717) is 17.6 Å². The van der Waals surface area contributed by atoms with E-state index in [0.717, 1.165) is 12.8 Å². The molecule has 2 bridgehead atoms. The fourth-order valence-corrected chi connectivity index (χ4v) is 6.74. The van der Waals surface area contributed by atoms with Crippen molar-refractivity contribution < 1.29 is 23.4 Å². The highest BCUT2D eigenvalue weighted by molar-refractivity contribution is 6.06. The lowest BCUT2D eigenvalue weighted by atomic mass is 9.95. The van der Waals surface area contributed by atoms with Crippen LogP contribution in [0.4, 0.5) is 20.3 Å². The van der Waals surface area contributed by atoms with Gasteiger partial charge in [-0.05, 0) is 36.4 Å². The molecule has 2 aromatic heterocycles. The van der Waals surface area contributed by atoms with E-state index in [9.17, 15) is 19.6 Å². The van der Waals surface area contributed by atoms with Gasteiger partial charge in [0.15, 0.2) is 5.82 Å². The van der Waals surface area contributed by atoms with Crippen molar-refractivity contribution in [3.63, 3.8) is 0 Å². The smallest absolute Gasteiger partial charge is 0.226 e. The highest BCUT2D eigenvalue weighted by Crippen LogP contribution is 2.47. The average Bonchev–Trinajstić information content (AvgIpc) is 3.33. The summed E-state index contributed by atoms with van der Waals surface area (Å²) in [6.45, 7) is 0.926. The van der Waals surface area contributed by atoms with Gasteiger partial charge >= 0.3 is 0 Å². The van der Waals surface area contributed by atoms with Crippen LogP contribution in [0.2, 0.25) is 0 Å². The quantitative estimate of drug-likeness (QED) is 0.256. The third-order valence-electron chi connectivity index (χ3n) is 8.74. The first-order valence-corrected chi connectivity index (χ1v) is 14.3. The van der Waals surface area contributed by atoms with Crippen molar-refractivity contribution in [2.45, 2.75) is 37.4 Å². The number of hydrogen-bond donors (Lipinski definition) is 4. The summed E-state index contributed by atoms with van der Waals surface area (Å²) in [6, 6.07) is 7.69. The topological polar surface area (TPSA) is 135 Å². The Morgan fingerprint density at radius 3 is 2.86 bits per heavy atom. The second-order valence-corrected chi connectivity index (χ2v) is 11.2. The van der Waals surface area contributed by atoms with Crippen LogP contribution in [0.3, 0.4) is 0 Å². The SMILES string of the molecule is C#Cc1c(F)ccc2cc(O)cc(-c3nc4c5c(c(C#N)c(NCCC(=O)NC)nc5c3F)N3CC5CCC(N5)C3CO4)c12. The number of benzene rings is 2. The number of pyridine rings is 2. The Hall–Kier alpha value is -5.20. The molecule has 1 amide bonds. The van der Waals surface area contributed by atoms with E-state index in [-0.39, 0.29) is 99.7 Å². The maximum atomic E-state index is 16.9. The van der Waals surface area contributed by atoms with Gasteiger partial charge in [0.05, 0.1) is 22.7 Å². The normalized spacial score (nSPS) is 19.9. The molecule has 4 N–H and O–H groups in total. The molecule has 5 heterocycles. The summed E-state index contributed by atoms with van der Waals surface area (Å²) in [5, 5.41) is 31.1. The molecule has 3 aliphatic rings. The number of phenols is 1. The number of aromatic nitrogens is 2. The number of terminal acetylenes is 1. The van der Waals surface area contributed by atoms with Crippen LogP contribution in [0.15, 0.2) is 24.3 Å². The van der Waals surface area contributed by atoms with Gasteiger partial charge in [-0.15, -0.1) is 6.42 Å². The number of carbonyl (C=O) groups is 1. The Morgan fingerprint density at radius 2 is 2.09 bits per heavy atom. The van der Waals surface area contributed by atoms with Crippen LogP contribution in [-0.2, 0) is 4.79 Å². The van der Waals surface area contributed by atoms with Crippen molar-refractivity contribution in [3.05, 3.63) is 47.0 Å². The van der Waals surface area contributed by atoms with Crippen LogP contribution in [0.25, 0.3) is 32.9 Å². The minimum Gasteiger partial charge on any atom is -0.508 e. The lowest BCUT2D eigenvalue weighted by Crippen LogP contribution is -2.60. The number of aromatic hydroxyl groups is 1. The van der Waals surface area contributed by atoms with Crippen molar-refractivity contribution in [1.29, 1.82) is 5.26 Å². The Kier molecular flexibility index (Phi) is 6.60. The van der Waals surface area contributed by atoms with Crippen LogP contribution in [0.5, 0.6) is 11.6 Å². The first kappa shape index (κ1) is 27.6. The van der Waals surface area contributed by atoms with Gasteiger partial charge in [0.1, 0.15) is 46.8 Å². The summed E-state index contributed by atoms with van der Waals surface area (Å²) in [6.07, 6.45) is 7.66. The lowest BCUT2D eigenvalue weighted by Gasteiger charge is -2.41. The zero-order chi connectivity index (χ0) is 30.7. The van der Waals surface area contributed by atoms with Crippen LogP contribution in [-0.4, -0.2) is 65.9 Å². The van der Waals surface area contributed by atoms with E-state index in [1.165, 1.54) is 31.3 Å². The standard InChI is InChI=1S/C32H27F2N7O3/c1-3-18-21(33)6-4-15-10-17(42)11-19(25(15)18)28-27(34)29-26-30(20(12-35)31(39-29)37-9-8-24(43)36-2)41-13-16-5-7-22(38-16)23(41)14-44-32(26)40-28/h1,4,6,10-11,16,22-23,38,42H,5,7-9,13-14H2,2H3,(H,36,43)(H,37,39). The number of halogens is 2. The molecule has 0 aliphatic carbocycles. The molecule has 7 rings (SSSR count). The van der Waals surface area contributed by atoms with Gasteiger partial charge in [0.25, 0.3) is 0 Å². The van der Waals surface area contributed by atoms with Crippen molar-refractivity contribution in [1.82, 2.24) is 20.6 Å². The number of anilines is 2. The van der Waals surface area contributed by atoms with Crippen molar-refractivity contribution >= 4 is 39.1 Å². The molecule has 2 saturated heterocycles. The fraction of sp³-hybridized carbons (Fsp3) is 0.312. The summed E-state index contributed by atoms with van der Waals surface area (Å²) in [4.78, 5) is 23.2. The van der Waals surface area contributed by atoms with Crippen molar-refractivity contribution in [3.8, 4) is 41.3 Å². The average molecular weight is 596 g/mol. The largest absolute Gasteiger partial charge is 0.508 e. The molecule has 4 aromatic rings. The summed E-state index contributed by atoms with van der Waals surface area (Å²) < 4.78 is 38.1. The van der Waals surface area contributed by atoms with E-state index >= 15 is 4.39 Å². The summed E-state index contributed by atoms with van der Waals surface area (Å²) >= 11 is 0. The molecular formula is C32H27F2N7O3. The van der Waals surface area contributed by atoms with E-state index in [4.69, 9.17) is 11.2 Å². The minimum atomic E-state index is -0.858. The first-order valence-electron chi connectivity index (χ1n) is 14.3. The molecule has 3 unspecified atom stereocenters. The number of nitrogens with zero attached hydrogens (tertiary/aromatic N) is 4. The molecule has 10 nitrogen and oxygen atoms in total. The number of rotatable bonds is 5. The Bertz CT molecular complexity index is 1970. The van der Waals surface area contributed by atoms with Gasteiger partial charge in [-0.2, -0.15) is 5.26 Å². The van der Waals surface area contributed by atoms with Gasteiger partial charge in [0.2, 0.25) is 11.8 Å². The number of phenolic OH excluding ortho intramolecular Hbond substituents is 1. The molecule has 0 spiro atoms. The Morgan fingerprint density at radius 1 is 1.25 bits per heavy atom.